The Balaban J connectivity index is 0.000000605. The highest BCUT2D eigenvalue weighted by Crippen LogP contribution is 2.16. The van der Waals surface area contributed by atoms with Gasteiger partial charge in [-0.3, -0.25) is 9.78 Å². The van der Waals surface area contributed by atoms with Crippen molar-refractivity contribution < 1.29 is 55.7 Å². The number of halogens is 6. The fraction of sp³-hybridized carbons (Fsp3) is 0.333. The number of carbonyl (C=O) groups excluding carboxylic acids is 1. The van der Waals surface area contributed by atoms with Gasteiger partial charge in [-0.25, -0.2) is 9.59 Å². The Kier molecular flexibility index (Phi) is 11.8. The number of aromatic nitrogens is 1. The fourth-order valence-electron chi connectivity index (χ4n) is 1.88. The summed E-state index contributed by atoms with van der Waals surface area (Å²) in [5, 5.41) is 18.1. The Morgan fingerprint density at radius 3 is 1.97 bits per heavy atom. The van der Waals surface area contributed by atoms with Gasteiger partial charge in [0.1, 0.15) is 6.04 Å². The number of carbonyl (C=O) groups is 3. The highest BCUT2D eigenvalue weighted by atomic mass is 19.4. The molecule has 0 radical (unpaired) electrons. The topological polar surface area (TPSA) is 152 Å². The maximum atomic E-state index is 11.7. The van der Waals surface area contributed by atoms with E-state index in [4.69, 9.17) is 30.3 Å². The van der Waals surface area contributed by atoms with Gasteiger partial charge in [0.25, 0.3) is 0 Å². The first-order valence-electron chi connectivity index (χ1n) is 8.56. The SMILES string of the molecule is COC[C@H](N)C(=O)NCc1cccc2cccnc12.O=C(O)C(F)(F)F.O=C(O)C(F)(F)F. The molecule has 9 nitrogen and oxygen atoms in total. The molecule has 0 aliphatic heterocycles. The minimum Gasteiger partial charge on any atom is -0.475 e. The van der Waals surface area contributed by atoms with Crippen molar-refractivity contribution in [3.05, 3.63) is 42.1 Å². The van der Waals surface area contributed by atoms with Gasteiger partial charge in [-0.2, -0.15) is 26.3 Å². The predicted molar refractivity (Wildman–Crippen MR) is 101 cm³/mol. The summed E-state index contributed by atoms with van der Waals surface area (Å²) in [6.45, 7) is 0.615. The molecule has 33 heavy (non-hydrogen) atoms. The van der Waals surface area contributed by atoms with Crippen LogP contribution in [0.25, 0.3) is 10.9 Å². The van der Waals surface area contributed by atoms with Gasteiger partial charge in [0.05, 0.1) is 12.1 Å². The first-order chi connectivity index (χ1) is 15.1. The fourth-order valence-corrected chi connectivity index (χ4v) is 1.88. The van der Waals surface area contributed by atoms with Crippen molar-refractivity contribution in [2.24, 2.45) is 5.73 Å². The number of hydrogen-bond donors (Lipinski definition) is 4. The molecule has 1 aromatic heterocycles. The first kappa shape index (κ1) is 29.5. The van der Waals surface area contributed by atoms with Crippen molar-refractivity contribution in [3.8, 4) is 0 Å². The van der Waals surface area contributed by atoms with E-state index < -0.39 is 30.3 Å². The molecule has 15 heteroatoms. The maximum Gasteiger partial charge on any atom is 0.490 e. The van der Waals surface area contributed by atoms with Crippen molar-refractivity contribution in [1.82, 2.24) is 10.3 Å². The monoisotopic (exact) mass is 487 g/mol. The van der Waals surface area contributed by atoms with E-state index in [2.05, 4.69) is 10.3 Å². The van der Waals surface area contributed by atoms with Crippen molar-refractivity contribution in [1.29, 1.82) is 0 Å². The number of nitrogens with two attached hydrogens (primary N) is 1. The molecule has 1 amide bonds. The van der Waals surface area contributed by atoms with Gasteiger partial charge in [-0.15, -0.1) is 0 Å². The Hall–Kier alpha value is -3.46. The third-order valence-corrected chi connectivity index (χ3v) is 3.34. The lowest BCUT2D eigenvalue weighted by atomic mass is 10.1. The summed E-state index contributed by atoms with van der Waals surface area (Å²) in [4.78, 5) is 33.8. The average molecular weight is 487 g/mol. The molecule has 0 spiro atoms. The third kappa shape index (κ3) is 11.6. The molecule has 1 heterocycles. The van der Waals surface area contributed by atoms with E-state index in [1.165, 1.54) is 7.11 Å². The van der Waals surface area contributed by atoms with Gasteiger partial charge in [-0.05, 0) is 11.6 Å². The van der Waals surface area contributed by atoms with Crippen LogP contribution >= 0.6 is 0 Å². The molecular weight excluding hydrogens is 468 g/mol. The minimum absolute atomic E-state index is 0.208. The number of rotatable bonds is 5. The lowest BCUT2D eigenvalue weighted by Gasteiger charge is -2.12. The van der Waals surface area contributed by atoms with Crippen LogP contribution in [-0.4, -0.2) is 65.2 Å². The van der Waals surface area contributed by atoms with Gasteiger partial charge in [0.2, 0.25) is 5.91 Å². The highest BCUT2D eigenvalue weighted by Gasteiger charge is 2.38. The summed E-state index contributed by atoms with van der Waals surface area (Å²) in [5.74, 6) is -5.74. The molecule has 0 unspecified atom stereocenters. The van der Waals surface area contributed by atoms with Crippen LogP contribution in [0, 0.1) is 0 Å². The lowest BCUT2D eigenvalue weighted by molar-refractivity contribution is -0.193. The molecule has 0 aliphatic rings. The molecule has 1 atom stereocenters. The zero-order valence-electron chi connectivity index (χ0n) is 16.8. The Morgan fingerprint density at radius 1 is 1.03 bits per heavy atom. The number of pyridine rings is 1. The van der Waals surface area contributed by atoms with Crippen LogP contribution in [0.15, 0.2) is 36.5 Å². The number of aliphatic carboxylic acids is 2. The second-order valence-corrected chi connectivity index (χ2v) is 5.88. The highest BCUT2D eigenvalue weighted by molar-refractivity contribution is 5.84. The minimum atomic E-state index is -5.08. The van der Waals surface area contributed by atoms with E-state index in [0.717, 1.165) is 16.5 Å². The predicted octanol–water partition coefficient (Wildman–Crippen LogP) is 2.09. The van der Waals surface area contributed by atoms with Crippen LogP contribution in [0.5, 0.6) is 0 Å². The largest absolute Gasteiger partial charge is 0.490 e. The number of amides is 1. The number of fused-ring (bicyclic) bond motifs is 1. The molecule has 1 aromatic carbocycles. The zero-order valence-corrected chi connectivity index (χ0v) is 16.8. The quantitative estimate of drug-likeness (QED) is 0.468. The van der Waals surface area contributed by atoms with Gasteiger partial charge in [0, 0.05) is 25.2 Å². The van der Waals surface area contributed by atoms with Crippen LogP contribution < -0.4 is 11.1 Å². The molecule has 0 saturated carbocycles. The molecule has 2 rings (SSSR count). The van der Waals surface area contributed by atoms with Gasteiger partial charge < -0.3 is 26.0 Å². The number of carboxylic acid groups (broad SMARTS) is 2. The van der Waals surface area contributed by atoms with Crippen LogP contribution in [0.1, 0.15) is 5.56 Å². The summed E-state index contributed by atoms with van der Waals surface area (Å²) in [6.07, 6.45) is -8.43. The van der Waals surface area contributed by atoms with E-state index in [9.17, 15) is 31.1 Å². The second-order valence-electron chi connectivity index (χ2n) is 5.88. The van der Waals surface area contributed by atoms with Crippen LogP contribution in [0.3, 0.4) is 0 Å². The first-order valence-corrected chi connectivity index (χ1v) is 8.56. The van der Waals surface area contributed by atoms with E-state index in [1.54, 1.807) is 6.20 Å². The standard InChI is InChI=1S/C14H17N3O2.2C2HF3O2/c1-19-9-12(15)14(18)17-8-11-5-2-4-10-6-3-7-16-13(10)11;2*3-2(4,5)1(6)7/h2-7,12H,8-9,15H2,1H3,(H,17,18);2*(H,6,7)/t12-;;/m0../s1. The molecule has 0 bridgehead atoms. The molecular formula is C18H19F6N3O6. The Labute approximate surface area is 182 Å². The summed E-state index contributed by atoms with van der Waals surface area (Å²) in [5.41, 5.74) is 7.51. The summed E-state index contributed by atoms with van der Waals surface area (Å²) < 4.78 is 68.3. The number of ether oxygens (including phenoxy) is 1. The van der Waals surface area contributed by atoms with Crippen molar-refractivity contribution in [2.75, 3.05) is 13.7 Å². The summed E-state index contributed by atoms with van der Waals surface area (Å²) in [7, 11) is 1.52. The number of methoxy groups -OCH3 is 1. The molecule has 0 saturated heterocycles. The van der Waals surface area contributed by atoms with E-state index in [0.29, 0.717) is 6.54 Å². The molecule has 5 N–H and O–H groups in total. The Morgan fingerprint density at radius 2 is 1.52 bits per heavy atom. The number of hydrogen-bond acceptors (Lipinski definition) is 6. The molecule has 184 valence electrons. The molecule has 0 fully saturated rings. The van der Waals surface area contributed by atoms with E-state index in [1.807, 2.05) is 30.3 Å². The van der Waals surface area contributed by atoms with E-state index >= 15 is 0 Å². The summed E-state index contributed by atoms with van der Waals surface area (Å²) >= 11 is 0. The van der Waals surface area contributed by atoms with Crippen molar-refractivity contribution in [2.45, 2.75) is 24.9 Å². The number of alkyl halides is 6. The third-order valence-electron chi connectivity index (χ3n) is 3.34. The maximum absolute atomic E-state index is 11.7. The van der Waals surface area contributed by atoms with E-state index in [-0.39, 0.29) is 12.5 Å². The number of carboxylic acids is 2. The number of benzene rings is 1. The van der Waals surface area contributed by atoms with Crippen molar-refractivity contribution in [3.63, 3.8) is 0 Å². The van der Waals surface area contributed by atoms with Crippen LogP contribution in [-0.2, 0) is 25.7 Å². The number of nitrogens with zero attached hydrogens (tertiary/aromatic N) is 1. The smallest absolute Gasteiger partial charge is 0.475 e. The normalized spacial score (nSPS) is 11.9. The van der Waals surface area contributed by atoms with Crippen molar-refractivity contribution >= 4 is 28.7 Å². The molecule has 0 aliphatic carbocycles. The zero-order chi connectivity index (χ0) is 25.8. The lowest BCUT2D eigenvalue weighted by Crippen LogP contribution is -2.43. The van der Waals surface area contributed by atoms with Gasteiger partial charge in [0.15, 0.2) is 0 Å². The molecule has 2 aromatic rings. The van der Waals surface area contributed by atoms with Crippen LogP contribution in [0.2, 0.25) is 0 Å². The van der Waals surface area contributed by atoms with Gasteiger partial charge in [-0.1, -0.05) is 24.3 Å². The van der Waals surface area contributed by atoms with Gasteiger partial charge >= 0.3 is 24.3 Å². The average Bonchev–Trinajstić information content (AvgIpc) is 2.71. The number of para-hydroxylation sites is 1. The Bertz CT molecular complexity index is 907. The summed E-state index contributed by atoms with van der Waals surface area (Å²) in [6, 6.07) is 9.11. The van der Waals surface area contributed by atoms with Crippen LogP contribution in [0.4, 0.5) is 26.3 Å². The second kappa shape index (κ2) is 13.2. The number of nitrogens with one attached hydrogen (secondary N) is 1.